The molecule has 2 atom stereocenters. The fourth-order valence-electron chi connectivity index (χ4n) is 3.03. The minimum atomic E-state index is -3.61. The summed E-state index contributed by atoms with van der Waals surface area (Å²) in [5.41, 5.74) is 0.842. The summed E-state index contributed by atoms with van der Waals surface area (Å²) in [5.74, 6) is -0.355. The van der Waals surface area contributed by atoms with Crippen molar-refractivity contribution in [3.8, 4) is 0 Å². The number of carbonyl (C=O) groups excluding carboxylic acids is 1. The highest BCUT2D eigenvalue weighted by Gasteiger charge is 2.32. The molecular weight excluding hydrogens is 388 g/mol. The quantitative estimate of drug-likeness (QED) is 0.841. The molecule has 8 heteroatoms. The second kappa shape index (κ2) is 7.98. The van der Waals surface area contributed by atoms with Crippen LogP contribution in [0.5, 0.6) is 0 Å². The van der Waals surface area contributed by atoms with Crippen LogP contribution in [0.3, 0.4) is 0 Å². The molecule has 0 bridgehead atoms. The molecule has 1 aliphatic rings. The van der Waals surface area contributed by atoms with Gasteiger partial charge in [-0.05, 0) is 50.2 Å². The van der Waals surface area contributed by atoms with Crippen molar-refractivity contribution < 1.29 is 17.9 Å². The molecule has 1 amide bonds. The Hall–Kier alpha value is -1.93. The average molecular weight is 409 g/mol. The van der Waals surface area contributed by atoms with Crippen molar-refractivity contribution in [2.75, 3.05) is 18.4 Å². The van der Waals surface area contributed by atoms with Crippen molar-refractivity contribution in [3.63, 3.8) is 0 Å². The molecule has 1 fully saturated rings. The Balaban J connectivity index is 1.75. The second-order valence-corrected chi connectivity index (χ2v) is 8.88. The number of anilines is 1. The molecule has 0 radical (unpaired) electrons. The molecule has 0 saturated carbocycles. The number of sulfonamides is 1. The maximum atomic E-state index is 12.8. The topological polar surface area (TPSA) is 75.7 Å². The van der Waals surface area contributed by atoms with Gasteiger partial charge in [0.25, 0.3) is 5.91 Å². The van der Waals surface area contributed by atoms with Gasteiger partial charge < -0.3 is 10.1 Å². The SMILES string of the molecule is C[C@@H]1CN(S(=O)(=O)c2ccc(NC(=O)c3ccccc3Cl)cc2)C[C@@H](C)O1. The minimum Gasteiger partial charge on any atom is -0.373 e. The number of halogens is 1. The van der Waals surface area contributed by atoms with Crippen molar-refractivity contribution >= 4 is 33.2 Å². The standard InChI is InChI=1S/C19H21ClN2O4S/c1-13-11-22(12-14(2)26-13)27(24,25)16-9-7-15(8-10-16)21-19(23)17-5-3-4-6-18(17)20/h3-10,13-14H,11-12H2,1-2H3,(H,21,23)/t13-,14-/m1/s1. The van der Waals surface area contributed by atoms with Crippen molar-refractivity contribution in [2.24, 2.45) is 0 Å². The summed E-state index contributed by atoms with van der Waals surface area (Å²) in [5, 5.41) is 3.07. The molecule has 0 aromatic heterocycles. The molecule has 6 nitrogen and oxygen atoms in total. The lowest BCUT2D eigenvalue weighted by Gasteiger charge is -2.34. The molecule has 1 aliphatic heterocycles. The van der Waals surface area contributed by atoms with Crippen molar-refractivity contribution in [2.45, 2.75) is 31.0 Å². The third kappa shape index (κ3) is 4.50. The number of benzene rings is 2. The normalized spacial score (nSPS) is 21.0. The summed E-state index contributed by atoms with van der Waals surface area (Å²) in [6.45, 7) is 4.34. The van der Waals surface area contributed by atoms with Crippen LogP contribution in [0.25, 0.3) is 0 Å². The van der Waals surface area contributed by atoms with Gasteiger partial charge >= 0.3 is 0 Å². The molecular formula is C19H21ClN2O4S. The molecule has 1 heterocycles. The molecule has 1 saturated heterocycles. The Morgan fingerprint density at radius 2 is 1.67 bits per heavy atom. The van der Waals surface area contributed by atoms with Crippen LogP contribution in [0.4, 0.5) is 5.69 Å². The van der Waals surface area contributed by atoms with E-state index in [1.165, 1.54) is 16.4 Å². The Labute approximate surface area is 164 Å². The number of rotatable bonds is 4. The zero-order chi connectivity index (χ0) is 19.6. The largest absolute Gasteiger partial charge is 0.373 e. The summed E-state index contributed by atoms with van der Waals surface area (Å²) in [6, 6.07) is 12.8. The van der Waals surface area contributed by atoms with E-state index in [-0.39, 0.29) is 23.0 Å². The van der Waals surface area contributed by atoms with E-state index in [0.717, 1.165) is 0 Å². The van der Waals surface area contributed by atoms with Crippen LogP contribution in [0.15, 0.2) is 53.4 Å². The van der Waals surface area contributed by atoms with Gasteiger partial charge in [-0.2, -0.15) is 4.31 Å². The van der Waals surface area contributed by atoms with Gasteiger partial charge in [0.15, 0.2) is 0 Å². The fourth-order valence-corrected chi connectivity index (χ4v) is 4.84. The average Bonchev–Trinajstić information content (AvgIpc) is 2.61. The third-order valence-electron chi connectivity index (χ3n) is 4.25. The maximum Gasteiger partial charge on any atom is 0.257 e. The summed E-state index contributed by atoms with van der Waals surface area (Å²) in [4.78, 5) is 12.5. The number of nitrogens with zero attached hydrogens (tertiary/aromatic N) is 1. The van der Waals surface area contributed by atoms with Crippen LogP contribution in [0.1, 0.15) is 24.2 Å². The first-order valence-electron chi connectivity index (χ1n) is 8.59. The Morgan fingerprint density at radius 3 is 2.26 bits per heavy atom. The number of morpholine rings is 1. The van der Waals surface area contributed by atoms with Crippen LogP contribution >= 0.6 is 11.6 Å². The van der Waals surface area contributed by atoms with Crippen molar-refractivity contribution in [1.82, 2.24) is 4.31 Å². The van der Waals surface area contributed by atoms with Crippen molar-refractivity contribution in [3.05, 3.63) is 59.1 Å². The summed E-state index contributed by atoms with van der Waals surface area (Å²) in [6.07, 6.45) is -0.310. The van der Waals surface area contributed by atoms with E-state index in [4.69, 9.17) is 16.3 Å². The zero-order valence-corrected chi connectivity index (χ0v) is 16.6. The van der Waals surface area contributed by atoms with E-state index in [1.54, 1.807) is 36.4 Å². The Bertz CT molecular complexity index is 921. The number of hydrogen-bond donors (Lipinski definition) is 1. The first-order valence-corrected chi connectivity index (χ1v) is 10.4. The number of nitrogens with one attached hydrogen (secondary N) is 1. The number of amides is 1. The lowest BCUT2D eigenvalue weighted by Crippen LogP contribution is -2.48. The van der Waals surface area contributed by atoms with Gasteiger partial charge in [-0.25, -0.2) is 8.42 Å². The monoisotopic (exact) mass is 408 g/mol. The van der Waals surface area contributed by atoms with Gasteiger partial charge in [0.05, 0.1) is 27.7 Å². The van der Waals surface area contributed by atoms with Crippen molar-refractivity contribution in [1.29, 1.82) is 0 Å². The predicted octanol–water partition coefficient (Wildman–Crippen LogP) is 3.39. The van der Waals surface area contributed by atoms with E-state index in [1.807, 2.05) is 13.8 Å². The van der Waals surface area contributed by atoms with Gasteiger partial charge in [0, 0.05) is 18.8 Å². The van der Waals surface area contributed by atoms with E-state index in [0.29, 0.717) is 29.4 Å². The van der Waals surface area contributed by atoms with Gasteiger partial charge in [-0.1, -0.05) is 23.7 Å². The Kier molecular flexibility index (Phi) is 5.86. The number of hydrogen-bond acceptors (Lipinski definition) is 4. The molecule has 144 valence electrons. The van der Waals surface area contributed by atoms with E-state index >= 15 is 0 Å². The minimum absolute atomic E-state index is 0.155. The molecule has 0 aliphatic carbocycles. The summed E-state index contributed by atoms with van der Waals surface area (Å²) in [7, 11) is -3.61. The van der Waals surface area contributed by atoms with Crippen LogP contribution in [0.2, 0.25) is 5.02 Å². The summed E-state index contributed by atoms with van der Waals surface area (Å²) >= 11 is 6.02. The predicted molar refractivity (Wildman–Crippen MR) is 105 cm³/mol. The molecule has 3 rings (SSSR count). The lowest BCUT2D eigenvalue weighted by atomic mass is 10.2. The zero-order valence-electron chi connectivity index (χ0n) is 15.1. The first-order chi connectivity index (χ1) is 12.8. The highest BCUT2D eigenvalue weighted by atomic mass is 35.5. The summed E-state index contributed by atoms with van der Waals surface area (Å²) < 4.78 is 32.7. The molecule has 0 spiro atoms. The van der Waals surface area contributed by atoms with E-state index < -0.39 is 10.0 Å². The molecule has 2 aromatic rings. The highest BCUT2D eigenvalue weighted by Crippen LogP contribution is 2.23. The second-order valence-electron chi connectivity index (χ2n) is 6.54. The van der Waals surface area contributed by atoms with Crippen LogP contribution in [0, 0.1) is 0 Å². The third-order valence-corrected chi connectivity index (χ3v) is 6.43. The molecule has 1 N–H and O–H groups in total. The molecule has 27 heavy (non-hydrogen) atoms. The molecule has 2 aromatic carbocycles. The lowest BCUT2D eigenvalue weighted by molar-refractivity contribution is -0.0440. The van der Waals surface area contributed by atoms with Gasteiger partial charge in [-0.3, -0.25) is 4.79 Å². The Morgan fingerprint density at radius 1 is 1.07 bits per heavy atom. The first kappa shape index (κ1) is 19.8. The number of carbonyl (C=O) groups is 1. The van der Waals surface area contributed by atoms with E-state index in [2.05, 4.69) is 5.32 Å². The fraction of sp³-hybridized carbons (Fsp3) is 0.316. The van der Waals surface area contributed by atoms with Gasteiger partial charge in [-0.15, -0.1) is 0 Å². The van der Waals surface area contributed by atoms with Gasteiger partial charge in [0.2, 0.25) is 10.0 Å². The van der Waals surface area contributed by atoms with Crippen LogP contribution in [-0.2, 0) is 14.8 Å². The number of ether oxygens (including phenoxy) is 1. The van der Waals surface area contributed by atoms with Crippen LogP contribution < -0.4 is 5.32 Å². The smallest absolute Gasteiger partial charge is 0.257 e. The molecule has 0 unspecified atom stereocenters. The van der Waals surface area contributed by atoms with Gasteiger partial charge in [0.1, 0.15) is 0 Å². The van der Waals surface area contributed by atoms with Crippen LogP contribution in [-0.4, -0.2) is 43.9 Å². The highest BCUT2D eigenvalue weighted by molar-refractivity contribution is 7.89. The van der Waals surface area contributed by atoms with E-state index in [9.17, 15) is 13.2 Å². The maximum absolute atomic E-state index is 12.8.